The number of halogens is 1. The molecule has 1 heterocycles. The van der Waals surface area contributed by atoms with Crippen molar-refractivity contribution in [3.8, 4) is 11.5 Å². The third-order valence-electron chi connectivity index (χ3n) is 5.41. The van der Waals surface area contributed by atoms with Crippen molar-refractivity contribution < 1.29 is 22.3 Å². The fourth-order valence-electron chi connectivity index (χ4n) is 3.67. The second kappa shape index (κ2) is 8.63. The molecule has 4 rings (SSSR count). The Balaban J connectivity index is 1.83. The SMILES string of the molecule is COc1ccc(C2CC(c3ccc(F)cc3)=NN2S(=O)(=O)c2ccc(C)cc2)c(OC)c1. The van der Waals surface area contributed by atoms with Gasteiger partial charge in [-0.05, 0) is 48.9 Å². The van der Waals surface area contributed by atoms with Gasteiger partial charge >= 0.3 is 0 Å². The van der Waals surface area contributed by atoms with Gasteiger partial charge in [-0.1, -0.05) is 29.8 Å². The maximum atomic E-state index is 13.6. The zero-order chi connectivity index (χ0) is 22.9. The molecule has 1 aliphatic rings. The van der Waals surface area contributed by atoms with Crippen LogP contribution in [0.3, 0.4) is 0 Å². The molecular weight excluding hydrogens is 431 g/mol. The highest BCUT2D eigenvalue weighted by Gasteiger charge is 2.39. The Morgan fingerprint density at radius 3 is 2.28 bits per heavy atom. The van der Waals surface area contributed by atoms with Crippen molar-refractivity contribution in [3.05, 3.63) is 89.2 Å². The molecule has 1 atom stereocenters. The number of hydrogen-bond donors (Lipinski definition) is 0. The van der Waals surface area contributed by atoms with Gasteiger partial charge in [0, 0.05) is 18.1 Å². The second-order valence-corrected chi connectivity index (χ2v) is 9.27. The summed E-state index contributed by atoms with van der Waals surface area (Å²) in [5.41, 5.74) is 2.81. The Morgan fingerprint density at radius 2 is 1.66 bits per heavy atom. The van der Waals surface area contributed by atoms with Crippen LogP contribution < -0.4 is 9.47 Å². The summed E-state index contributed by atoms with van der Waals surface area (Å²) in [6, 6.07) is 17.1. The Bertz CT molecular complexity index is 1260. The van der Waals surface area contributed by atoms with Crippen molar-refractivity contribution >= 4 is 15.7 Å². The third kappa shape index (κ3) is 4.05. The minimum atomic E-state index is -3.96. The molecule has 0 aliphatic carbocycles. The zero-order valence-corrected chi connectivity index (χ0v) is 18.8. The van der Waals surface area contributed by atoms with Gasteiger partial charge in [0.25, 0.3) is 10.0 Å². The van der Waals surface area contributed by atoms with Crippen LogP contribution >= 0.6 is 0 Å². The molecule has 0 N–H and O–H groups in total. The fourth-order valence-corrected chi connectivity index (χ4v) is 5.10. The van der Waals surface area contributed by atoms with Crippen molar-refractivity contribution in [1.29, 1.82) is 0 Å². The first-order valence-electron chi connectivity index (χ1n) is 10.00. The molecule has 3 aromatic carbocycles. The predicted octanol–water partition coefficient (Wildman–Crippen LogP) is 4.69. The minimum Gasteiger partial charge on any atom is -0.497 e. The van der Waals surface area contributed by atoms with Gasteiger partial charge in [0.15, 0.2) is 0 Å². The van der Waals surface area contributed by atoms with Gasteiger partial charge < -0.3 is 9.47 Å². The van der Waals surface area contributed by atoms with E-state index in [-0.39, 0.29) is 10.7 Å². The van der Waals surface area contributed by atoms with Gasteiger partial charge in [-0.3, -0.25) is 0 Å². The number of hydrogen-bond acceptors (Lipinski definition) is 5. The number of benzene rings is 3. The standard InChI is InChI=1S/C24H23FN2O4S/c1-16-4-11-20(12-5-16)32(28,29)27-23(21-13-10-19(30-2)14-24(21)31-3)15-22(26-27)17-6-8-18(25)9-7-17/h4-14,23H,15H2,1-3H3. The van der Waals surface area contributed by atoms with E-state index < -0.39 is 16.1 Å². The van der Waals surface area contributed by atoms with Crippen LogP contribution in [0.4, 0.5) is 4.39 Å². The number of ether oxygens (including phenoxy) is 2. The molecule has 0 amide bonds. The van der Waals surface area contributed by atoms with Gasteiger partial charge in [0.2, 0.25) is 0 Å². The van der Waals surface area contributed by atoms with Crippen molar-refractivity contribution in [2.75, 3.05) is 14.2 Å². The number of aryl methyl sites for hydroxylation is 1. The molecule has 1 unspecified atom stereocenters. The summed E-state index contributed by atoms with van der Waals surface area (Å²) in [7, 11) is -0.886. The lowest BCUT2D eigenvalue weighted by molar-refractivity contribution is 0.347. The lowest BCUT2D eigenvalue weighted by Crippen LogP contribution is -2.27. The highest BCUT2D eigenvalue weighted by Crippen LogP contribution is 2.41. The van der Waals surface area contributed by atoms with Crippen molar-refractivity contribution in [2.24, 2.45) is 5.10 Å². The molecule has 166 valence electrons. The Labute approximate surface area is 187 Å². The molecule has 32 heavy (non-hydrogen) atoms. The lowest BCUT2D eigenvalue weighted by Gasteiger charge is -2.25. The maximum absolute atomic E-state index is 13.6. The largest absolute Gasteiger partial charge is 0.497 e. The van der Waals surface area contributed by atoms with Crippen molar-refractivity contribution in [1.82, 2.24) is 4.41 Å². The van der Waals surface area contributed by atoms with Crippen LogP contribution in [0.2, 0.25) is 0 Å². The quantitative estimate of drug-likeness (QED) is 0.542. The summed E-state index contributed by atoms with van der Waals surface area (Å²) >= 11 is 0. The number of rotatable bonds is 6. The minimum absolute atomic E-state index is 0.143. The molecule has 0 aromatic heterocycles. The van der Waals surface area contributed by atoms with E-state index in [0.29, 0.717) is 34.8 Å². The van der Waals surface area contributed by atoms with Gasteiger partial charge in [0.1, 0.15) is 17.3 Å². The molecule has 0 radical (unpaired) electrons. The second-order valence-electron chi connectivity index (χ2n) is 7.47. The first-order chi connectivity index (χ1) is 15.3. The number of hydrazone groups is 1. The van der Waals surface area contributed by atoms with E-state index in [2.05, 4.69) is 5.10 Å². The number of nitrogens with zero attached hydrogens (tertiary/aromatic N) is 2. The van der Waals surface area contributed by atoms with Crippen LogP contribution in [0.1, 0.15) is 29.2 Å². The van der Waals surface area contributed by atoms with E-state index in [1.807, 2.05) is 6.92 Å². The van der Waals surface area contributed by atoms with Crippen LogP contribution in [-0.4, -0.2) is 32.8 Å². The Hall–Kier alpha value is -3.39. The topological polar surface area (TPSA) is 68.2 Å². The van der Waals surface area contributed by atoms with Crippen LogP contribution in [0.25, 0.3) is 0 Å². The fraction of sp³-hybridized carbons (Fsp3) is 0.208. The van der Waals surface area contributed by atoms with E-state index >= 15 is 0 Å². The van der Waals surface area contributed by atoms with Gasteiger partial charge in [0.05, 0.1) is 30.9 Å². The molecular formula is C24H23FN2O4S. The predicted molar refractivity (Wildman–Crippen MR) is 120 cm³/mol. The van der Waals surface area contributed by atoms with E-state index in [1.165, 1.54) is 19.2 Å². The summed E-state index contributed by atoms with van der Waals surface area (Å²) in [6.45, 7) is 1.89. The average Bonchev–Trinajstić information content (AvgIpc) is 3.25. The molecule has 0 fully saturated rings. The Kier molecular flexibility index (Phi) is 5.88. The summed E-state index contributed by atoms with van der Waals surface area (Å²) in [4.78, 5) is 0.143. The summed E-state index contributed by atoms with van der Waals surface area (Å²) in [6.07, 6.45) is 0.305. The molecule has 0 saturated heterocycles. The number of methoxy groups -OCH3 is 2. The number of sulfonamides is 1. The molecule has 3 aromatic rings. The molecule has 8 heteroatoms. The normalized spacial score (nSPS) is 16.1. The van der Waals surface area contributed by atoms with Crippen LogP contribution in [0.5, 0.6) is 11.5 Å². The monoisotopic (exact) mass is 454 g/mol. The zero-order valence-electron chi connectivity index (χ0n) is 17.9. The van der Waals surface area contributed by atoms with Crippen LogP contribution in [-0.2, 0) is 10.0 Å². The van der Waals surface area contributed by atoms with Crippen molar-refractivity contribution in [3.63, 3.8) is 0 Å². The highest BCUT2D eigenvalue weighted by atomic mass is 32.2. The lowest BCUT2D eigenvalue weighted by atomic mass is 9.98. The van der Waals surface area contributed by atoms with Crippen molar-refractivity contribution in [2.45, 2.75) is 24.3 Å². The van der Waals surface area contributed by atoms with Gasteiger partial charge in [-0.15, -0.1) is 0 Å². The average molecular weight is 455 g/mol. The molecule has 0 bridgehead atoms. The molecule has 0 spiro atoms. The first-order valence-corrected chi connectivity index (χ1v) is 11.4. The van der Waals surface area contributed by atoms with Gasteiger partial charge in [-0.2, -0.15) is 17.9 Å². The van der Waals surface area contributed by atoms with E-state index in [4.69, 9.17) is 9.47 Å². The van der Waals surface area contributed by atoms with Crippen LogP contribution in [0, 0.1) is 12.7 Å². The summed E-state index contributed by atoms with van der Waals surface area (Å²) < 4.78 is 52.5. The van der Waals surface area contributed by atoms with Crippen LogP contribution in [0.15, 0.2) is 76.7 Å². The smallest absolute Gasteiger partial charge is 0.279 e. The molecule has 0 saturated carbocycles. The first kappa shape index (κ1) is 21.8. The Morgan fingerprint density at radius 1 is 0.969 bits per heavy atom. The van der Waals surface area contributed by atoms with E-state index in [0.717, 1.165) is 9.98 Å². The highest BCUT2D eigenvalue weighted by molar-refractivity contribution is 7.89. The molecule has 1 aliphatic heterocycles. The van der Waals surface area contributed by atoms with E-state index in [9.17, 15) is 12.8 Å². The summed E-state index contributed by atoms with van der Waals surface area (Å²) in [5.74, 6) is 0.718. The summed E-state index contributed by atoms with van der Waals surface area (Å²) in [5, 5.41) is 4.49. The maximum Gasteiger partial charge on any atom is 0.279 e. The van der Waals surface area contributed by atoms with Gasteiger partial charge in [-0.25, -0.2) is 4.39 Å². The third-order valence-corrected chi connectivity index (χ3v) is 7.11. The molecule has 6 nitrogen and oxygen atoms in total. The van der Waals surface area contributed by atoms with E-state index in [1.54, 1.807) is 61.7 Å².